The van der Waals surface area contributed by atoms with Gasteiger partial charge in [0.1, 0.15) is 35.0 Å². The molecular formula is C28H23F4N5O4. The summed E-state index contributed by atoms with van der Waals surface area (Å²) < 4.78 is 62.4. The predicted molar refractivity (Wildman–Crippen MR) is 136 cm³/mol. The van der Waals surface area contributed by atoms with E-state index >= 15 is 0 Å². The van der Waals surface area contributed by atoms with Crippen LogP contribution in [0.1, 0.15) is 36.2 Å². The van der Waals surface area contributed by atoms with Crippen LogP contribution in [-0.4, -0.2) is 63.8 Å². The number of para-hydroxylation sites is 1. The highest BCUT2D eigenvalue weighted by Gasteiger charge is 2.56. The number of amides is 3. The van der Waals surface area contributed by atoms with Crippen LogP contribution in [0.2, 0.25) is 0 Å². The highest BCUT2D eigenvalue weighted by molar-refractivity contribution is 6.03. The number of fused-ring (bicyclic) bond motifs is 2. The molecule has 0 bridgehead atoms. The van der Waals surface area contributed by atoms with Crippen LogP contribution < -0.4 is 10.1 Å². The van der Waals surface area contributed by atoms with Gasteiger partial charge in [-0.1, -0.05) is 18.9 Å². The molecule has 212 valence electrons. The number of nitriles is 1. The second-order valence-corrected chi connectivity index (χ2v) is 10.7. The molecule has 2 N–H and O–H groups in total. The van der Waals surface area contributed by atoms with E-state index in [9.17, 15) is 37.2 Å². The van der Waals surface area contributed by atoms with Crippen LogP contribution in [-0.2, 0) is 9.59 Å². The minimum Gasteiger partial charge on any atom is -0.473 e. The van der Waals surface area contributed by atoms with Crippen molar-refractivity contribution in [1.29, 1.82) is 5.26 Å². The number of rotatable bonds is 5. The number of carbonyl (C=O) groups excluding carboxylic acids is 3. The Bertz CT molecular complexity index is 1670. The zero-order valence-electron chi connectivity index (χ0n) is 21.6. The van der Waals surface area contributed by atoms with Gasteiger partial charge < -0.3 is 24.8 Å². The van der Waals surface area contributed by atoms with Crippen molar-refractivity contribution in [3.63, 3.8) is 0 Å². The SMILES string of the molecule is CN(C(=O)c1cc2c(F)cc(F)c(F)c2[nH]1)[C@@H](CC1CC1)C(=O)N1C[C@@]2(C[C@H]1C#N)Oc1cccc(F)c1NC2=O. The Morgan fingerprint density at radius 1 is 1.20 bits per heavy atom. The van der Waals surface area contributed by atoms with E-state index in [2.05, 4.69) is 10.3 Å². The average Bonchev–Trinajstić information content (AvgIpc) is 3.52. The van der Waals surface area contributed by atoms with Gasteiger partial charge in [0.05, 0.1) is 18.1 Å². The lowest BCUT2D eigenvalue weighted by atomic mass is 9.97. The number of aromatic nitrogens is 1. The summed E-state index contributed by atoms with van der Waals surface area (Å²) in [6, 6.07) is 5.30. The van der Waals surface area contributed by atoms with Crippen LogP contribution in [0.4, 0.5) is 23.2 Å². The first-order chi connectivity index (χ1) is 19.5. The van der Waals surface area contributed by atoms with Crippen molar-refractivity contribution < 1.29 is 36.7 Å². The van der Waals surface area contributed by atoms with Gasteiger partial charge in [-0.05, 0) is 30.5 Å². The molecule has 41 heavy (non-hydrogen) atoms. The summed E-state index contributed by atoms with van der Waals surface area (Å²) in [5.74, 6) is -6.43. The second kappa shape index (κ2) is 9.50. The smallest absolute Gasteiger partial charge is 0.270 e. The number of nitrogens with zero attached hydrogens (tertiary/aromatic N) is 3. The van der Waals surface area contributed by atoms with Crippen LogP contribution in [0.15, 0.2) is 30.3 Å². The number of benzene rings is 2. The number of carbonyl (C=O) groups is 3. The third-order valence-corrected chi connectivity index (χ3v) is 8.00. The number of halogens is 4. The Balaban J connectivity index is 1.29. The normalized spacial score (nSPS) is 22.2. The first-order valence-electron chi connectivity index (χ1n) is 13.0. The van der Waals surface area contributed by atoms with Gasteiger partial charge in [0.25, 0.3) is 11.8 Å². The third-order valence-electron chi connectivity index (χ3n) is 8.00. The van der Waals surface area contributed by atoms with E-state index in [0.717, 1.165) is 29.9 Å². The van der Waals surface area contributed by atoms with Crippen molar-refractivity contribution in [2.45, 2.75) is 43.4 Å². The van der Waals surface area contributed by atoms with Crippen molar-refractivity contribution in [2.24, 2.45) is 5.92 Å². The zero-order valence-corrected chi connectivity index (χ0v) is 21.6. The number of likely N-dealkylation sites (N-methyl/N-ethyl adjacent to an activating group) is 1. The molecule has 0 radical (unpaired) electrons. The van der Waals surface area contributed by atoms with Crippen molar-refractivity contribution >= 4 is 34.3 Å². The molecule has 3 aliphatic rings. The lowest BCUT2D eigenvalue weighted by Gasteiger charge is -2.35. The monoisotopic (exact) mass is 569 g/mol. The molecule has 1 saturated heterocycles. The number of ether oxygens (including phenoxy) is 1. The Kier molecular flexibility index (Phi) is 6.17. The number of hydrogen-bond donors (Lipinski definition) is 2. The molecular weight excluding hydrogens is 546 g/mol. The predicted octanol–water partition coefficient (Wildman–Crippen LogP) is 3.86. The van der Waals surface area contributed by atoms with Gasteiger partial charge in [-0.15, -0.1) is 0 Å². The Hall–Kier alpha value is -4.60. The van der Waals surface area contributed by atoms with Crippen LogP contribution in [0, 0.1) is 40.5 Å². The van der Waals surface area contributed by atoms with E-state index < -0.39 is 64.2 Å². The van der Waals surface area contributed by atoms with E-state index in [1.54, 1.807) is 0 Å². The molecule has 1 saturated carbocycles. The fourth-order valence-corrected chi connectivity index (χ4v) is 5.57. The molecule has 6 rings (SSSR count). The molecule has 1 spiro atoms. The number of aromatic amines is 1. The quantitative estimate of drug-likeness (QED) is 0.358. The van der Waals surface area contributed by atoms with Crippen LogP contribution in [0.25, 0.3) is 10.9 Å². The van der Waals surface area contributed by atoms with Gasteiger partial charge in [-0.2, -0.15) is 5.26 Å². The minimum absolute atomic E-state index is 0.0622. The molecule has 2 aliphatic heterocycles. The maximum Gasteiger partial charge on any atom is 0.270 e. The molecule has 0 unspecified atom stereocenters. The maximum atomic E-state index is 14.3. The molecule has 9 nitrogen and oxygen atoms in total. The molecule has 1 aliphatic carbocycles. The first kappa shape index (κ1) is 26.6. The summed E-state index contributed by atoms with van der Waals surface area (Å²) in [7, 11) is 1.35. The Morgan fingerprint density at radius 3 is 2.66 bits per heavy atom. The fourth-order valence-electron chi connectivity index (χ4n) is 5.57. The summed E-state index contributed by atoms with van der Waals surface area (Å²) in [5, 5.41) is 12.1. The van der Waals surface area contributed by atoms with E-state index in [0.29, 0.717) is 6.07 Å². The number of hydrogen-bond acceptors (Lipinski definition) is 5. The van der Waals surface area contributed by atoms with E-state index in [-0.39, 0.29) is 47.8 Å². The molecule has 3 heterocycles. The maximum absolute atomic E-state index is 14.3. The summed E-state index contributed by atoms with van der Waals surface area (Å²) in [6.45, 7) is -0.322. The van der Waals surface area contributed by atoms with E-state index in [1.165, 1.54) is 24.1 Å². The van der Waals surface area contributed by atoms with E-state index in [1.807, 2.05) is 6.07 Å². The number of H-pyrrole nitrogens is 1. The Labute approximate surface area is 230 Å². The zero-order chi connectivity index (χ0) is 29.2. The fraction of sp³-hybridized carbons (Fsp3) is 0.357. The van der Waals surface area contributed by atoms with Gasteiger partial charge in [0.2, 0.25) is 11.5 Å². The van der Waals surface area contributed by atoms with Gasteiger partial charge >= 0.3 is 0 Å². The van der Waals surface area contributed by atoms with Gasteiger partial charge in [0, 0.05) is 24.9 Å². The number of nitrogens with one attached hydrogen (secondary N) is 2. The van der Waals surface area contributed by atoms with Gasteiger partial charge in [0.15, 0.2) is 17.5 Å². The molecule has 3 amide bonds. The summed E-state index contributed by atoms with van der Waals surface area (Å²) in [6.07, 6.45) is 1.72. The molecule has 1 aromatic heterocycles. The molecule has 3 atom stereocenters. The van der Waals surface area contributed by atoms with Crippen molar-refractivity contribution in [3.05, 3.63) is 59.3 Å². The molecule has 13 heteroatoms. The number of likely N-dealkylation sites (tertiary alicyclic amines) is 1. The highest BCUT2D eigenvalue weighted by Crippen LogP contribution is 2.42. The van der Waals surface area contributed by atoms with Crippen LogP contribution in [0.5, 0.6) is 5.75 Å². The van der Waals surface area contributed by atoms with Crippen LogP contribution >= 0.6 is 0 Å². The van der Waals surface area contributed by atoms with Crippen molar-refractivity contribution in [2.75, 3.05) is 18.9 Å². The van der Waals surface area contributed by atoms with Gasteiger partial charge in [-0.3, -0.25) is 14.4 Å². The topological polar surface area (TPSA) is 119 Å². The summed E-state index contributed by atoms with van der Waals surface area (Å²) in [5.41, 5.74) is -2.57. The molecule has 2 aromatic carbocycles. The standard InChI is InChI=1S/C28H23F4N5O4/c1-36(25(38)19-8-15-17(30)9-18(31)22(32)23(15)34-19)20(7-13-5-6-13)26(39)37-12-28(10-14(37)11-33)27(40)35-24-16(29)3-2-4-21(24)41-28/h2-4,8-9,13-14,20,34H,5-7,10,12H2,1H3,(H,35,40)/t14-,20-,28+/m0/s1. The van der Waals surface area contributed by atoms with Crippen LogP contribution in [0.3, 0.4) is 0 Å². The second-order valence-electron chi connectivity index (χ2n) is 10.7. The Morgan fingerprint density at radius 2 is 1.95 bits per heavy atom. The summed E-state index contributed by atoms with van der Waals surface area (Å²) >= 11 is 0. The third kappa shape index (κ3) is 4.34. The number of anilines is 1. The van der Waals surface area contributed by atoms with E-state index in [4.69, 9.17) is 4.74 Å². The highest BCUT2D eigenvalue weighted by atomic mass is 19.2. The first-order valence-corrected chi connectivity index (χ1v) is 13.0. The average molecular weight is 570 g/mol. The van der Waals surface area contributed by atoms with Crippen molar-refractivity contribution in [3.8, 4) is 11.8 Å². The minimum atomic E-state index is -1.65. The van der Waals surface area contributed by atoms with Crippen molar-refractivity contribution in [1.82, 2.24) is 14.8 Å². The lowest BCUT2D eigenvalue weighted by molar-refractivity contribution is -0.138. The lowest BCUT2D eigenvalue weighted by Crippen LogP contribution is -2.55. The summed E-state index contributed by atoms with van der Waals surface area (Å²) in [4.78, 5) is 45.2. The largest absolute Gasteiger partial charge is 0.473 e. The molecule has 2 fully saturated rings. The van der Waals surface area contributed by atoms with Gasteiger partial charge in [-0.25, -0.2) is 17.6 Å². The molecule has 3 aromatic rings.